The average Bonchev–Trinajstić information content (AvgIpc) is 3.09. The smallest absolute Gasteiger partial charge is 0.275 e. The van der Waals surface area contributed by atoms with E-state index in [0.29, 0.717) is 18.5 Å². The van der Waals surface area contributed by atoms with Crippen LogP contribution in [0.25, 0.3) is 10.2 Å². The summed E-state index contributed by atoms with van der Waals surface area (Å²) in [5.74, 6) is 1.57. The molecular formula is C22H34N4OS+2. The minimum atomic E-state index is 0.246. The SMILES string of the molecule is C[C@H]1[C@@H](NC(=O)C[NH+]2CC[NH+](Cc3nc4ccccc4s3)CC2)CCC[C@@H]1C. The molecule has 0 spiro atoms. The lowest BCUT2D eigenvalue weighted by molar-refractivity contribution is -1.02. The number of nitrogens with zero attached hydrogens (tertiary/aromatic N) is 1. The van der Waals surface area contributed by atoms with Gasteiger partial charge in [0.15, 0.2) is 6.54 Å². The molecule has 6 heteroatoms. The zero-order chi connectivity index (χ0) is 19.5. The van der Waals surface area contributed by atoms with Crippen LogP contribution in [0, 0.1) is 11.8 Å². The van der Waals surface area contributed by atoms with Crippen LogP contribution >= 0.6 is 11.3 Å². The molecule has 2 aromatic rings. The van der Waals surface area contributed by atoms with Crippen LogP contribution in [-0.2, 0) is 11.3 Å². The number of nitrogens with one attached hydrogen (secondary N) is 3. The molecule has 2 aliphatic rings. The Labute approximate surface area is 172 Å². The third-order valence-corrected chi connectivity index (χ3v) is 7.90. The molecule has 3 atom stereocenters. The van der Waals surface area contributed by atoms with Gasteiger partial charge in [0.1, 0.15) is 37.7 Å². The Balaban J connectivity index is 1.22. The Hall–Kier alpha value is -1.50. The molecule has 152 valence electrons. The molecule has 1 amide bonds. The molecule has 1 aliphatic heterocycles. The molecule has 0 radical (unpaired) electrons. The maximum absolute atomic E-state index is 12.6. The summed E-state index contributed by atoms with van der Waals surface area (Å²) in [4.78, 5) is 20.4. The molecule has 1 aromatic heterocycles. The first-order valence-electron chi connectivity index (χ1n) is 10.9. The fourth-order valence-electron chi connectivity index (χ4n) is 4.79. The summed E-state index contributed by atoms with van der Waals surface area (Å²) < 4.78 is 1.28. The number of hydrogen-bond donors (Lipinski definition) is 3. The Morgan fingerprint density at radius 1 is 1.14 bits per heavy atom. The molecule has 28 heavy (non-hydrogen) atoms. The minimum Gasteiger partial charge on any atom is -0.348 e. The van der Waals surface area contributed by atoms with E-state index in [9.17, 15) is 4.79 Å². The van der Waals surface area contributed by atoms with Crippen LogP contribution in [0.4, 0.5) is 0 Å². The number of amides is 1. The van der Waals surface area contributed by atoms with Crippen molar-refractivity contribution < 1.29 is 14.6 Å². The summed E-state index contributed by atoms with van der Waals surface area (Å²) in [6.45, 7) is 10.6. The summed E-state index contributed by atoms with van der Waals surface area (Å²) in [6, 6.07) is 8.76. The third-order valence-electron chi connectivity index (χ3n) is 6.87. The lowest BCUT2D eigenvalue weighted by Gasteiger charge is -2.35. The highest BCUT2D eigenvalue weighted by Crippen LogP contribution is 2.29. The highest BCUT2D eigenvalue weighted by molar-refractivity contribution is 7.18. The summed E-state index contributed by atoms with van der Waals surface area (Å²) in [7, 11) is 0. The van der Waals surface area contributed by atoms with Crippen LogP contribution in [0.2, 0.25) is 0 Å². The number of piperazine rings is 1. The van der Waals surface area contributed by atoms with Crippen molar-refractivity contribution in [1.82, 2.24) is 10.3 Å². The van der Waals surface area contributed by atoms with Gasteiger partial charge >= 0.3 is 0 Å². The van der Waals surface area contributed by atoms with Gasteiger partial charge in [-0.25, -0.2) is 4.98 Å². The first-order chi connectivity index (χ1) is 13.6. The van der Waals surface area contributed by atoms with Crippen molar-refractivity contribution in [2.75, 3.05) is 32.7 Å². The number of carbonyl (C=O) groups is 1. The maximum Gasteiger partial charge on any atom is 0.275 e. The molecular weight excluding hydrogens is 368 g/mol. The second kappa shape index (κ2) is 8.89. The Kier molecular flexibility index (Phi) is 6.28. The highest BCUT2D eigenvalue weighted by Gasteiger charge is 2.30. The summed E-state index contributed by atoms with van der Waals surface area (Å²) in [6.07, 6.45) is 3.70. The number of hydrogen-bond acceptors (Lipinski definition) is 3. The molecule has 1 aliphatic carbocycles. The number of quaternary nitrogens is 2. The van der Waals surface area contributed by atoms with E-state index in [2.05, 4.69) is 43.4 Å². The van der Waals surface area contributed by atoms with Crippen molar-refractivity contribution >= 4 is 27.5 Å². The maximum atomic E-state index is 12.6. The van der Waals surface area contributed by atoms with Crippen LogP contribution in [0.5, 0.6) is 0 Å². The topological polar surface area (TPSA) is 50.9 Å². The molecule has 4 rings (SSSR count). The Morgan fingerprint density at radius 2 is 1.89 bits per heavy atom. The highest BCUT2D eigenvalue weighted by atomic mass is 32.1. The van der Waals surface area contributed by atoms with Crippen LogP contribution in [0.3, 0.4) is 0 Å². The standard InChI is InChI=1S/C22H32N4OS/c1-16-6-5-8-18(17(16)2)23-21(27)14-25-10-12-26(13-11-25)15-22-24-19-7-3-4-9-20(19)28-22/h3-4,7,9,16-18H,5-6,8,10-15H2,1-2H3,(H,23,27)/p+2/t16-,17+,18-/m0/s1. The van der Waals surface area contributed by atoms with Crippen LogP contribution in [0.15, 0.2) is 24.3 Å². The molecule has 2 heterocycles. The van der Waals surface area contributed by atoms with E-state index in [0.717, 1.165) is 50.6 Å². The van der Waals surface area contributed by atoms with E-state index in [-0.39, 0.29) is 5.91 Å². The monoisotopic (exact) mass is 402 g/mol. The van der Waals surface area contributed by atoms with Gasteiger partial charge < -0.3 is 15.1 Å². The third kappa shape index (κ3) is 4.73. The number of carbonyl (C=O) groups excluding carboxylic acids is 1. The van der Waals surface area contributed by atoms with E-state index >= 15 is 0 Å². The number of fused-ring (bicyclic) bond motifs is 1. The van der Waals surface area contributed by atoms with Crippen molar-refractivity contribution in [3.8, 4) is 0 Å². The molecule has 1 saturated carbocycles. The molecule has 2 fully saturated rings. The first kappa shape index (κ1) is 19.8. The minimum absolute atomic E-state index is 0.246. The van der Waals surface area contributed by atoms with E-state index < -0.39 is 0 Å². The predicted molar refractivity (Wildman–Crippen MR) is 114 cm³/mol. The number of thiazole rings is 1. The molecule has 1 aromatic carbocycles. The van der Waals surface area contributed by atoms with E-state index in [1.54, 1.807) is 4.90 Å². The number of rotatable bonds is 5. The molecule has 5 nitrogen and oxygen atoms in total. The summed E-state index contributed by atoms with van der Waals surface area (Å²) in [5.41, 5.74) is 1.12. The van der Waals surface area contributed by atoms with Crippen molar-refractivity contribution in [2.45, 2.75) is 45.7 Å². The molecule has 0 bridgehead atoms. The number of aromatic nitrogens is 1. The van der Waals surface area contributed by atoms with Gasteiger partial charge in [0.2, 0.25) is 0 Å². The van der Waals surface area contributed by atoms with Crippen molar-refractivity contribution in [3.63, 3.8) is 0 Å². The van der Waals surface area contributed by atoms with Gasteiger partial charge in [-0.2, -0.15) is 0 Å². The Morgan fingerprint density at radius 3 is 2.68 bits per heavy atom. The van der Waals surface area contributed by atoms with Gasteiger partial charge in [0.05, 0.1) is 10.2 Å². The first-order valence-corrected chi connectivity index (χ1v) is 11.7. The van der Waals surface area contributed by atoms with Gasteiger partial charge in [0, 0.05) is 6.04 Å². The quantitative estimate of drug-likeness (QED) is 0.683. The fourth-order valence-corrected chi connectivity index (χ4v) is 5.83. The summed E-state index contributed by atoms with van der Waals surface area (Å²) >= 11 is 1.82. The van der Waals surface area contributed by atoms with E-state index in [4.69, 9.17) is 4.98 Å². The van der Waals surface area contributed by atoms with Gasteiger partial charge in [0.25, 0.3) is 5.91 Å². The number of benzene rings is 1. The lowest BCUT2D eigenvalue weighted by Crippen LogP contribution is -3.28. The Bertz CT molecular complexity index is 766. The van der Waals surface area contributed by atoms with Crippen molar-refractivity contribution in [3.05, 3.63) is 29.3 Å². The zero-order valence-corrected chi connectivity index (χ0v) is 18.0. The number of para-hydroxylation sites is 1. The second-order valence-electron chi connectivity index (χ2n) is 8.87. The summed E-state index contributed by atoms with van der Waals surface area (Å²) in [5, 5.41) is 4.57. The molecule has 1 saturated heterocycles. The zero-order valence-electron chi connectivity index (χ0n) is 17.2. The normalized spacial score (nSPS) is 31.0. The average molecular weight is 403 g/mol. The van der Waals surface area contributed by atoms with Crippen LogP contribution in [-0.4, -0.2) is 49.7 Å². The van der Waals surface area contributed by atoms with Crippen molar-refractivity contribution in [1.29, 1.82) is 0 Å². The lowest BCUT2D eigenvalue weighted by atomic mass is 9.78. The van der Waals surface area contributed by atoms with Gasteiger partial charge in [-0.15, -0.1) is 11.3 Å². The van der Waals surface area contributed by atoms with Crippen LogP contribution in [0.1, 0.15) is 38.1 Å². The van der Waals surface area contributed by atoms with E-state index in [1.807, 2.05) is 11.3 Å². The largest absolute Gasteiger partial charge is 0.348 e. The second-order valence-corrected chi connectivity index (χ2v) is 9.99. The van der Waals surface area contributed by atoms with E-state index in [1.165, 1.54) is 27.4 Å². The van der Waals surface area contributed by atoms with Gasteiger partial charge in [-0.3, -0.25) is 4.79 Å². The fraction of sp³-hybridized carbons (Fsp3) is 0.636. The molecule has 3 N–H and O–H groups in total. The predicted octanol–water partition coefficient (Wildman–Crippen LogP) is 0.521. The molecule has 0 unspecified atom stereocenters. The van der Waals surface area contributed by atoms with Crippen LogP contribution < -0.4 is 15.1 Å². The van der Waals surface area contributed by atoms with Gasteiger partial charge in [-0.05, 0) is 30.4 Å². The van der Waals surface area contributed by atoms with Gasteiger partial charge in [-0.1, -0.05) is 38.8 Å². The van der Waals surface area contributed by atoms with Crippen molar-refractivity contribution in [2.24, 2.45) is 11.8 Å².